The van der Waals surface area contributed by atoms with Crippen molar-refractivity contribution in [2.45, 2.75) is 26.4 Å². The second-order valence-corrected chi connectivity index (χ2v) is 10.1. The lowest BCUT2D eigenvalue weighted by atomic mass is 10.1. The summed E-state index contributed by atoms with van der Waals surface area (Å²) in [6.07, 6.45) is 3.20. The normalized spacial score (nSPS) is 14.2. The van der Waals surface area contributed by atoms with Crippen LogP contribution in [0.25, 0.3) is 6.08 Å². The number of hydrogen-bond donors (Lipinski definition) is 0. The summed E-state index contributed by atoms with van der Waals surface area (Å²) >= 11 is 4.50. The van der Waals surface area contributed by atoms with Crippen LogP contribution in [0.2, 0.25) is 0 Å². The van der Waals surface area contributed by atoms with Crippen molar-refractivity contribution < 1.29 is 19.1 Å². The van der Waals surface area contributed by atoms with E-state index in [9.17, 15) is 14.9 Å². The summed E-state index contributed by atoms with van der Waals surface area (Å²) in [7, 11) is 0. The maximum absolute atomic E-state index is 13.0. The predicted octanol–water partition coefficient (Wildman–Crippen LogP) is 6.97. The number of nitrogens with zero attached hydrogens (tertiary/aromatic N) is 2. The van der Waals surface area contributed by atoms with Gasteiger partial charge in [-0.15, -0.1) is 0 Å². The molecular weight excluding hydrogens is 552 g/mol. The van der Waals surface area contributed by atoms with Gasteiger partial charge in [-0.1, -0.05) is 48.5 Å². The molecule has 0 bridgehead atoms. The second-order valence-electron chi connectivity index (χ2n) is 8.24. The molecule has 1 aliphatic heterocycles. The first-order valence-corrected chi connectivity index (χ1v) is 13.5. The van der Waals surface area contributed by atoms with Crippen LogP contribution < -0.4 is 9.47 Å². The Morgan fingerprint density at radius 2 is 1.81 bits per heavy atom. The SMILES string of the molecule is CCOc1cc(/C=C2/SC(=O)N(CCCc3ccccc3)C2=O)cc(Br)c1OCc1ccccc1C#N. The first-order chi connectivity index (χ1) is 18.0. The van der Waals surface area contributed by atoms with Crippen molar-refractivity contribution in [3.63, 3.8) is 0 Å². The average molecular weight is 578 g/mol. The molecule has 4 rings (SSSR count). The molecule has 0 atom stereocenters. The summed E-state index contributed by atoms with van der Waals surface area (Å²) in [6.45, 7) is 2.86. The third-order valence-corrected chi connectivity index (χ3v) is 7.20. The predicted molar refractivity (Wildman–Crippen MR) is 148 cm³/mol. The lowest BCUT2D eigenvalue weighted by molar-refractivity contribution is -0.122. The molecule has 1 aliphatic rings. The van der Waals surface area contributed by atoms with E-state index in [1.807, 2.05) is 61.5 Å². The largest absolute Gasteiger partial charge is 0.490 e. The van der Waals surface area contributed by atoms with E-state index in [-0.39, 0.29) is 17.8 Å². The monoisotopic (exact) mass is 576 g/mol. The first kappa shape index (κ1) is 26.5. The number of aryl methyl sites for hydroxylation is 1. The number of benzene rings is 3. The third kappa shape index (κ3) is 6.62. The Balaban J connectivity index is 1.48. The third-order valence-electron chi connectivity index (χ3n) is 5.70. The number of halogens is 1. The summed E-state index contributed by atoms with van der Waals surface area (Å²) in [6, 6.07) is 23.0. The van der Waals surface area contributed by atoms with Crippen molar-refractivity contribution >= 4 is 44.9 Å². The molecule has 1 fully saturated rings. The maximum Gasteiger partial charge on any atom is 0.293 e. The number of thioether (sulfide) groups is 1. The Labute approximate surface area is 229 Å². The zero-order valence-electron chi connectivity index (χ0n) is 20.3. The van der Waals surface area contributed by atoms with E-state index in [0.717, 1.165) is 23.7 Å². The van der Waals surface area contributed by atoms with Crippen LogP contribution >= 0.6 is 27.7 Å². The number of ether oxygens (including phenoxy) is 2. The topological polar surface area (TPSA) is 79.6 Å². The van der Waals surface area contributed by atoms with E-state index in [0.29, 0.717) is 51.6 Å². The van der Waals surface area contributed by atoms with E-state index in [1.165, 1.54) is 10.5 Å². The fourth-order valence-corrected chi connectivity index (χ4v) is 5.35. The van der Waals surface area contributed by atoms with Gasteiger partial charge in [-0.05, 0) is 82.9 Å². The highest BCUT2D eigenvalue weighted by atomic mass is 79.9. The van der Waals surface area contributed by atoms with Gasteiger partial charge in [0.2, 0.25) is 0 Å². The molecule has 3 aromatic carbocycles. The zero-order chi connectivity index (χ0) is 26.2. The van der Waals surface area contributed by atoms with E-state index in [4.69, 9.17) is 9.47 Å². The molecule has 0 aromatic heterocycles. The molecule has 0 saturated carbocycles. The number of rotatable bonds is 10. The minimum absolute atomic E-state index is 0.198. The molecule has 0 spiro atoms. The Morgan fingerprint density at radius 3 is 2.57 bits per heavy atom. The van der Waals surface area contributed by atoms with Gasteiger partial charge in [0, 0.05) is 12.1 Å². The standard InChI is InChI=1S/C29H25BrN2O4S/c1-2-35-25-16-21(15-24(30)27(25)36-19-23-13-7-6-12-22(23)18-31)17-26-28(33)32(29(34)37-26)14-8-11-20-9-4-3-5-10-20/h3-7,9-10,12-13,15-17H,2,8,11,14,19H2,1H3/b26-17+. The summed E-state index contributed by atoms with van der Waals surface area (Å²) in [5.41, 5.74) is 3.20. The highest BCUT2D eigenvalue weighted by Crippen LogP contribution is 2.40. The molecule has 0 unspecified atom stereocenters. The van der Waals surface area contributed by atoms with Crippen LogP contribution in [0.1, 0.15) is 35.6 Å². The van der Waals surface area contributed by atoms with E-state index in [1.54, 1.807) is 18.2 Å². The Bertz CT molecular complexity index is 1370. The highest BCUT2D eigenvalue weighted by molar-refractivity contribution is 9.10. The molecule has 1 heterocycles. The number of nitriles is 1. The van der Waals surface area contributed by atoms with Crippen LogP contribution in [0.15, 0.2) is 76.1 Å². The summed E-state index contributed by atoms with van der Waals surface area (Å²) < 4.78 is 12.5. The highest BCUT2D eigenvalue weighted by Gasteiger charge is 2.34. The van der Waals surface area contributed by atoms with Gasteiger partial charge < -0.3 is 9.47 Å². The average Bonchev–Trinajstić information content (AvgIpc) is 3.16. The van der Waals surface area contributed by atoms with E-state index >= 15 is 0 Å². The molecule has 8 heteroatoms. The number of hydrogen-bond acceptors (Lipinski definition) is 6. The smallest absolute Gasteiger partial charge is 0.293 e. The van der Waals surface area contributed by atoms with Crippen LogP contribution in [-0.2, 0) is 17.8 Å². The fourth-order valence-electron chi connectivity index (χ4n) is 3.91. The van der Waals surface area contributed by atoms with Gasteiger partial charge in [0.1, 0.15) is 6.61 Å². The van der Waals surface area contributed by atoms with Crippen LogP contribution in [0, 0.1) is 11.3 Å². The minimum Gasteiger partial charge on any atom is -0.490 e. The van der Waals surface area contributed by atoms with Crippen LogP contribution in [0.4, 0.5) is 4.79 Å². The van der Waals surface area contributed by atoms with Crippen LogP contribution in [-0.4, -0.2) is 29.2 Å². The molecule has 0 N–H and O–H groups in total. The van der Waals surface area contributed by atoms with E-state index in [2.05, 4.69) is 22.0 Å². The minimum atomic E-state index is -0.286. The van der Waals surface area contributed by atoms with Gasteiger partial charge >= 0.3 is 0 Å². The molecular formula is C29H25BrN2O4S. The van der Waals surface area contributed by atoms with Gasteiger partial charge in [-0.25, -0.2) is 0 Å². The van der Waals surface area contributed by atoms with Crippen molar-refractivity contribution in [3.05, 3.63) is 98.4 Å². The van der Waals surface area contributed by atoms with Crippen molar-refractivity contribution in [2.24, 2.45) is 0 Å². The van der Waals surface area contributed by atoms with Crippen molar-refractivity contribution in [1.82, 2.24) is 4.90 Å². The summed E-state index contributed by atoms with van der Waals surface area (Å²) in [5.74, 6) is 0.714. The van der Waals surface area contributed by atoms with Crippen molar-refractivity contribution in [1.29, 1.82) is 5.26 Å². The maximum atomic E-state index is 13.0. The lowest BCUT2D eigenvalue weighted by Gasteiger charge is -2.15. The Kier molecular flexibility index (Phi) is 9.04. The Hall–Kier alpha value is -3.54. The van der Waals surface area contributed by atoms with Gasteiger partial charge in [-0.2, -0.15) is 5.26 Å². The van der Waals surface area contributed by atoms with Crippen molar-refractivity contribution in [3.8, 4) is 17.6 Å². The molecule has 3 aromatic rings. The molecule has 0 aliphatic carbocycles. The quantitative estimate of drug-likeness (QED) is 0.242. The van der Waals surface area contributed by atoms with Gasteiger partial charge in [0.05, 0.1) is 27.6 Å². The molecule has 1 saturated heterocycles. The number of imide groups is 1. The van der Waals surface area contributed by atoms with E-state index < -0.39 is 0 Å². The number of carbonyl (C=O) groups is 2. The molecule has 6 nitrogen and oxygen atoms in total. The van der Waals surface area contributed by atoms with Crippen LogP contribution in [0.5, 0.6) is 11.5 Å². The number of carbonyl (C=O) groups excluding carboxylic acids is 2. The molecule has 188 valence electrons. The summed E-state index contributed by atoms with van der Waals surface area (Å²) in [4.78, 5) is 27.2. The van der Waals surface area contributed by atoms with Gasteiger partial charge in [0.25, 0.3) is 11.1 Å². The first-order valence-electron chi connectivity index (χ1n) is 11.9. The molecule has 37 heavy (non-hydrogen) atoms. The fraction of sp³-hybridized carbons (Fsp3) is 0.207. The molecule has 0 radical (unpaired) electrons. The van der Waals surface area contributed by atoms with Crippen molar-refractivity contribution in [2.75, 3.05) is 13.2 Å². The zero-order valence-corrected chi connectivity index (χ0v) is 22.7. The lowest BCUT2D eigenvalue weighted by Crippen LogP contribution is -2.29. The number of amides is 2. The summed E-state index contributed by atoms with van der Waals surface area (Å²) in [5, 5.41) is 9.08. The second kappa shape index (κ2) is 12.6. The van der Waals surface area contributed by atoms with Gasteiger partial charge in [0.15, 0.2) is 11.5 Å². The van der Waals surface area contributed by atoms with Crippen LogP contribution in [0.3, 0.4) is 0 Å². The molecule has 2 amide bonds. The van der Waals surface area contributed by atoms with Gasteiger partial charge in [-0.3, -0.25) is 14.5 Å². The Morgan fingerprint density at radius 1 is 1.05 bits per heavy atom.